The summed E-state index contributed by atoms with van der Waals surface area (Å²) in [4.78, 5) is 0.148. The van der Waals surface area contributed by atoms with E-state index in [0.29, 0.717) is 0 Å². The number of hydrogen-bond donors (Lipinski definition) is 1. The monoisotopic (exact) mass is 652 g/mol. The molecule has 0 spiro atoms. The van der Waals surface area contributed by atoms with E-state index in [-0.39, 0.29) is 24.7 Å². The van der Waals surface area contributed by atoms with Crippen LogP contribution in [0.3, 0.4) is 0 Å². The number of aliphatic hydroxyl groups excluding tert-OH is 1. The molecule has 1 saturated heterocycles. The summed E-state index contributed by atoms with van der Waals surface area (Å²) in [5, 5.41) is 11.2. The van der Waals surface area contributed by atoms with Crippen LogP contribution >= 0.6 is 15.9 Å². The lowest BCUT2D eigenvalue weighted by molar-refractivity contribution is -0.307. The summed E-state index contributed by atoms with van der Waals surface area (Å²) in [7, 11) is -3.81. The van der Waals surface area contributed by atoms with Gasteiger partial charge in [-0.2, -0.15) is 0 Å². The van der Waals surface area contributed by atoms with Crippen molar-refractivity contribution in [1.82, 2.24) is 0 Å². The molecule has 0 radical (unpaired) electrons. The van der Waals surface area contributed by atoms with Gasteiger partial charge in [-0.05, 0) is 41.0 Å². The van der Waals surface area contributed by atoms with Gasteiger partial charge in [0, 0.05) is 4.47 Å². The van der Waals surface area contributed by atoms with Crippen molar-refractivity contribution in [3.63, 3.8) is 0 Å². The van der Waals surface area contributed by atoms with E-state index in [4.69, 9.17) is 18.9 Å². The second-order valence-electron chi connectivity index (χ2n) is 10.1. The highest BCUT2D eigenvalue weighted by atomic mass is 79.9. The van der Waals surface area contributed by atoms with Gasteiger partial charge >= 0.3 is 0 Å². The van der Waals surface area contributed by atoms with Crippen LogP contribution in [0, 0.1) is 0 Å². The van der Waals surface area contributed by atoms with Gasteiger partial charge in [0.1, 0.15) is 24.4 Å². The predicted octanol–water partition coefficient (Wildman–Crippen LogP) is 5.70. The van der Waals surface area contributed by atoms with E-state index in [0.717, 1.165) is 21.2 Å². The van der Waals surface area contributed by atoms with Gasteiger partial charge in [0.05, 0.1) is 30.5 Å². The fourth-order valence-corrected chi connectivity index (χ4v) is 6.56. The molecule has 9 heteroatoms. The molecule has 1 aliphatic rings. The van der Waals surface area contributed by atoms with Gasteiger partial charge < -0.3 is 24.1 Å². The van der Waals surface area contributed by atoms with Crippen molar-refractivity contribution in [3.05, 3.63) is 136 Å². The number of benzene rings is 4. The highest BCUT2D eigenvalue weighted by Gasteiger charge is 2.49. The lowest BCUT2D eigenvalue weighted by Gasteiger charge is -2.44. The molecular weight excluding hydrogens is 620 g/mol. The Bertz CT molecular complexity index is 1490. The Balaban J connectivity index is 1.45. The minimum Gasteiger partial charge on any atom is -0.368 e. The first-order chi connectivity index (χ1) is 20.4. The van der Waals surface area contributed by atoms with E-state index in [2.05, 4.69) is 15.9 Å². The maximum absolute atomic E-state index is 13.5. The molecule has 0 amide bonds. The van der Waals surface area contributed by atoms with E-state index < -0.39 is 46.3 Å². The highest BCUT2D eigenvalue weighted by Crippen LogP contribution is 2.31. The predicted molar refractivity (Wildman–Crippen MR) is 162 cm³/mol. The van der Waals surface area contributed by atoms with Gasteiger partial charge in [0.15, 0.2) is 16.1 Å². The molecule has 1 N–H and O–H groups in total. The number of aliphatic hydroxyl groups is 1. The van der Waals surface area contributed by atoms with E-state index >= 15 is 0 Å². The molecule has 1 aliphatic heterocycles. The molecule has 0 aromatic heterocycles. The SMILES string of the molecule is O=S(=O)(CC1O[C@@H](O)C(OCc2ccccc2)[C@@H](OCc2ccccc2)[C@H]1OCc1ccccc1)c1ccc(Br)cc1. The Hall–Kier alpha value is -2.89. The van der Waals surface area contributed by atoms with Crippen molar-refractivity contribution in [2.45, 2.75) is 55.4 Å². The molecule has 1 fully saturated rings. The lowest BCUT2D eigenvalue weighted by Crippen LogP contribution is -2.61. The van der Waals surface area contributed by atoms with Gasteiger partial charge in [-0.3, -0.25) is 0 Å². The molecule has 5 atom stereocenters. The maximum Gasteiger partial charge on any atom is 0.184 e. The lowest BCUT2D eigenvalue weighted by atomic mass is 9.98. The first-order valence-corrected chi connectivity index (χ1v) is 16.1. The first kappa shape index (κ1) is 30.6. The minimum atomic E-state index is -3.81. The van der Waals surface area contributed by atoms with Crippen molar-refractivity contribution >= 4 is 25.8 Å². The normalized spacial score (nSPS) is 22.6. The van der Waals surface area contributed by atoms with Gasteiger partial charge in [0.25, 0.3) is 0 Å². The molecule has 42 heavy (non-hydrogen) atoms. The van der Waals surface area contributed by atoms with Crippen LogP contribution in [0.5, 0.6) is 0 Å². The topological polar surface area (TPSA) is 91.3 Å². The number of rotatable bonds is 12. The molecule has 2 unspecified atom stereocenters. The van der Waals surface area contributed by atoms with Gasteiger partial charge in [0.2, 0.25) is 0 Å². The van der Waals surface area contributed by atoms with E-state index in [1.54, 1.807) is 12.1 Å². The van der Waals surface area contributed by atoms with Crippen LogP contribution < -0.4 is 0 Å². The van der Waals surface area contributed by atoms with Crippen LogP contribution in [0.25, 0.3) is 0 Å². The summed E-state index contributed by atoms with van der Waals surface area (Å²) >= 11 is 3.35. The molecule has 4 aromatic rings. The molecule has 5 rings (SSSR count). The summed E-state index contributed by atoms with van der Waals surface area (Å²) in [6, 6.07) is 35.2. The Morgan fingerprint density at radius 3 is 1.52 bits per heavy atom. The number of ether oxygens (including phenoxy) is 4. The third-order valence-corrected chi connectivity index (χ3v) is 9.31. The Labute approximate surface area is 255 Å². The molecule has 4 aromatic carbocycles. The van der Waals surface area contributed by atoms with Crippen LogP contribution in [0.15, 0.2) is 125 Å². The standard InChI is InChI=1S/C33H33BrO7S/c34-27-16-18-28(19-17-27)42(36,37)23-29-30(38-20-24-10-4-1-5-11-24)31(39-21-25-12-6-2-7-13-25)32(33(35)41-29)40-22-26-14-8-3-9-15-26/h1-19,29-33,35H,20-23H2/t29?,30-,31-,32?,33+/m0/s1. The summed E-state index contributed by atoms with van der Waals surface area (Å²) in [5.74, 6) is -0.415. The van der Waals surface area contributed by atoms with Crippen molar-refractivity contribution in [1.29, 1.82) is 0 Å². The maximum atomic E-state index is 13.5. The highest BCUT2D eigenvalue weighted by molar-refractivity contribution is 9.10. The molecular formula is C33H33BrO7S. The van der Waals surface area contributed by atoms with E-state index in [1.807, 2.05) is 91.0 Å². The largest absolute Gasteiger partial charge is 0.368 e. The van der Waals surface area contributed by atoms with E-state index in [1.165, 1.54) is 12.1 Å². The number of hydrogen-bond acceptors (Lipinski definition) is 7. The van der Waals surface area contributed by atoms with Crippen LogP contribution in [-0.2, 0) is 48.6 Å². The van der Waals surface area contributed by atoms with Crippen LogP contribution in [-0.4, -0.2) is 50.0 Å². The summed E-state index contributed by atoms with van der Waals surface area (Å²) in [6.45, 7) is 0.599. The van der Waals surface area contributed by atoms with Gasteiger partial charge in [-0.1, -0.05) is 107 Å². The smallest absolute Gasteiger partial charge is 0.184 e. The average molecular weight is 654 g/mol. The molecule has 7 nitrogen and oxygen atoms in total. The van der Waals surface area contributed by atoms with Crippen LogP contribution in [0.4, 0.5) is 0 Å². The minimum absolute atomic E-state index is 0.148. The fraction of sp³-hybridized carbons (Fsp3) is 0.273. The van der Waals surface area contributed by atoms with Crippen molar-refractivity contribution in [2.75, 3.05) is 5.75 Å². The first-order valence-electron chi connectivity index (χ1n) is 13.7. The fourth-order valence-electron chi connectivity index (χ4n) is 4.85. The van der Waals surface area contributed by atoms with Gasteiger partial charge in [-0.15, -0.1) is 0 Å². The molecule has 0 bridgehead atoms. The van der Waals surface area contributed by atoms with Crippen molar-refractivity contribution in [2.24, 2.45) is 0 Å². The zero-order valence-corrected chi connectivity index (χ0v) is 25.3. The van der Waals surface area contributed by atoms with Gasteiger partial charge in [-0.25, -0.2) is 8.42 Å². The number of sulfone groups is 1. The number of halogens is 1. The second kappa shape index (κ2) is 14.5. The Morgan fingerprint density at radius 1 is 0.619 bits per heavy atom. The van der Waals surface area contributed by atoms with Crippen molar-refractivity contribution in [3.8, 4) is 0 Å². The quantitative estimate of drug-likeness (QED) is 0.210. The third-order valence-electron chi connectivity index (χ3n) is 7.02. The zero-order valence-electron chi connectivity index (χ0n) is 22.9. The summed E-state index contributed by atoms with van der Waals surface area (Å²) in [6.07, 6.45) is -5.14. The average Bonchev–Trinajstić information content (AvgIpc) is 3.00. The second-order valence-corrected chi connectivity index (χ2v) is 13.0. The Kier molecular flexibility index (Phi) is 10.6. The molecule has 0 saturated carbocycles. The Morgan fingerprint density at radius 2 is 1.05 bits per heavy atom. The molecule has 0 aliphatic carbocycles. The molecule has 220 valence electrons. The summed E-state index contributed by atoms with van der Waals surface area (Å²) in [5.41, 5.74) is 2.73. The third kappa shape index (κ3) is 8.14. The summed E-state index contributed by atoms with van der Waals surface area (Å²) < 4.78 is 52.8. The molecule has 1 heterocycles. The van der Waals surface area contributed by atoms with Crippen LogP contribution in [0.2, 0.25) is 0 Å². The zero-order chi connectivity index (χ0) is 29.4. The van der Waals surface area contributed by atoms with Crippen LogP contribution in [0.1, 0.15) is 16.7 Å². The van der Waals surface area contributed by atoms with Crippen molar-refractivity contribution < 1.29 is 32.5 Å². The van der Waals surface area contributed by atoms with E-state index in [9.17, 15) is 13.5 Å².